The van der Waals surface area contributed by atoms with Crippen LogP contribution < -0.4 is 14.7 Å². The minimum Gasteiger partial charge on any atom is -0.508 e. The van der Waals surface area contributed by atoms with E-state index in [0.717, 1.165) is 40.2 Å². The van der Waals surface area contributed by atoms with E-state index in [0.29, 0.717) is 34.9 Å². The molecule has 0 aliphatic carbocycles. The molecule has 376 valence electrons. The maximum atomic E-state index is 13.6. The summed E-state index contributed by atoms with van der Waals surface area (Å²) in [4.78, 5) is 31.2. The lowest BCUT2D eigenvalue weighted by atomic mass is 10.0. The highest BCUT2D eigenvalue weighted by Crippen LogP contribution is 2.34. The monoisotopic (exact) mass is 995 g/mol. The summed E-state index contributed by atoms with van der Waals surface area (Å²) in [5.41, 5.74) is 9.00. The second-order valence-corrected chi connectivity index (χ2v) is 16.8. The van der Waals surface area contributed by atoms with Gasteiger partial charge < -0.3 is 35.5 Å². The Bertz CT molecular complexity index is 3150. The van der Waals surface area contributed by atoms with Crippen molar-refractivity contribution in [1.29, 1.82) is 0 Å². The fraction of sp³-hybridized carbons (Fsp3) is 0.0820. The van der Waals surface area contributed by atoms with Crippen molar-refractivity contribution in [3.05, 3.63) is 251 Å². The second-order valence-electron chi connectivity index (χ2n) is 16.8. The highest BCUT2D eigenvalue weighted by Gasteiger charge is 2.23. The average molecular weight is 996 g/mol. The van der Waals surface area contributed by atoms with E-state index in [1.807, 2.05) is 38.1 Å². The maximum absolute atomic E-state index is 13.6. The Hall–Kier alpha value is -9.62. The number of nitrogens with zero attached hydrogens (tertiary/aromatic N) is 3. The first-order chi connectivity index (χ1) is 35.0. The Labute approximate surface area is 428 Å². The number of hydrogen-bond acceptors (Lipinski definition) is 9. The normalized spacial score (nSPS) is 10.3. The van der Waals surface area contributed by atoms with Crippen molar-refractivity contribution in [2.75, 3.05) is 14.7 Å². The first kappa shape index (κ1) is 53.7. The van der Waals surface area contributed by atoms with Gasteiger partial charge in [0.1, 0.15) is 34.6 Å². The predicted molar refractivity (Wildman–Crippen MR) is 288 cm³/mol. The van der Waals surface area contributed by atoms with Crippen molar-refractivity contribution in [2.45, 2.75) is 34.7 Å². The van der Waals surface area contributed by atoms with E-state index in [2.05, 4.69) is 36.1 Å². The van der Waals surface area contributed by atoms with E-state index in [1.54, 1.807) is 83.8 Å². The summed E-state index contributed by atoms with van der Waals surface area (Å²) in [5, 5.41) is 56.8. The summed E-state index contributed by atoms with van der Waals surface area (Å²) in [6.07, 6.45) is 0. The lowest BCUT2D eigenvalue weighted by Gasteiger charge is -2.25. The number of rotatable bonds is 10. The highest BCUT2D eigenvalue weighted by molar-refractivity contribution is 6.12. The van der Waals surface area contributed by atoms with Gasteiger partial charge in [-0.3, -0.25) is 19.4 Å². The maximum Gasteiger partial charge on any atom is 0.263 e. The summed E-state index contributed by atoms with van der Waals surface area (Å²) in [5.74, 6) is -1.83. The zero-order valence-electron chi connectivity index (χ0n) is 39.9. The fourth-order valence-corrected chi connectivity index (χ4v) is 7.51. The van der Waals surface area contributed by atoms with Gasteiger partial charge in [-0.15, -0.1) is 0 Å². The van der Waals surface area contributed by atoms with Crippen LogP contribution >= 0.6 is 0 Å². The molecule has 74 heavy (non-hydrogen) atoms. The van der Waals surface area contributed by atoms with Crippen LogP contribution in [0, 0.1) is 32.4 Å². The largest absolute Gasteiger partial charge is 0.508 e. The Morgan fingerprint density at radius 1 is 0.432 bits per heavy atom. The van der Waals surface area contributed by atoms with Gasteiger partial charge in [-0.2, -0.15) is 0 Å². The van der Waals surface area contributed by atoms with Gasteiger partial charge in [-0.25, -0.2) is 8.78 Å². The molecule has 0 aliphatic heterocycles. The molecule has 9 aromatic carbocycles. The molecule has 0 aliphatic rings. The summed E-state index contributed by atoms with van der Waals surface area (Å²) in [7, 11) is 0. The van der Waals surface area contributed by atoms with Crippen molar-refractivity contribution in [3.8, 4) is 34.5 Å². The van der Waals surface area contributed by atoms with Gasteiger partial charge in [0.05, 0.1) is 0 Å². The van der Waals surface area contributed by atoms with Crippen LogP contribution in [-0.4, -0.2) is 42.5 Å². The number of carbonyl (C=O) groups excluding carboxylic acids is 2. The zero-order valence-corrected chi connectivity index (χ0v) is 39.9. The van der Waals surface area contributed by atoms with Crippen molar-refractivity contribution >= 4 is 45.9 Å². The van der Waals surface area contributed by atoms with E-state index >= 15 is 0 Å². The molecule has 9 aromatic rings. The first-order valence-electron chi connectivity index (χ1n) is 22.8. The number of amides is 2. The SMILES string of the molecule is C.Cc1ccc(CN(c2ccc(O)cc2)c2ccc(F)cc2)cc1.Cc1cccc(C(=O)N(c2ccc(O)cc2)c2ccc(O)cc2)c1C.O=C(c1ccc(O)c(F)c1)N(c1ccc(O)cc1)c1ccc(O)cc1. The Kier molecular flexibility index (Phi) is 17.8. The smallest absolute Gasteiger partial charge is 0.263 e. The van der Waals surface area contributed by atoms with Crippen LogP contribution in [0.3, 0.4) is 0 Å². The summed E-state index contributed by atoms with van der Waals surface area (Å²) < 4.78 is 26.9. The molecular formula is C61H55F2N3O8. The van der Waals surface area contributed by atoms with Crippen molar-refractivity contribution in [3.63, 3.8) is 0 Å². The van der Waals surface area contributed by atoms with Crippen LogP contribution in [0.2, 0.25) is 0 Å². The number of phenols is 6. The molecule has 0 heterocycles. The van der Waals surface area contributed by atoms with Crippen LogP contribution in [0.15, 0.2) is 206 Å². The van der Waals surface area contributed by atoms with Crippen LogP contribution in [0.25, 0.3) is 0 Å². The van der Waals surface area contributed by atoms with E-state index in [4.69, 9.17) is 0 Å². The van der Waals surface area contributed by atoms with Crippen LogP contribution in [-0.2, 0) is 6.54 Å². The van der Waals surface area contributed by atoms with Gasteiger partial charge in [-0.1, -0.05) is 49.4 Å². The molecule has 0 unspecified atom stereocenters. The molecular weight excluding hydrogens is 941 g/mol. The van der Waals surface area contributed by atoms with Gasteiger partial charge in [0.25, 0.3) is 11.8 Å². The van der Waals surface area contributed by atoms with Gasteiger partial charge in [-0.05, 0) is 207 Å². The molecule has 11 nitrogen and oxygen atoms in total. The molecule has 6 N–H and O–H groups in total. The molecule has 13 heteroatoms. The van der Waals surface area contributed by atoms with Gasteiger partial charge in [0.15, 0.2) is 11.6 Å². The standard InChI is InChI=1S/C21H19NO3.C20H18FNO.C19H14FNO4.CH4/c1-14-4-3-5-20(15(14)2)21(25)22(16-6-10-18(23)11-7-16)17-8-12-19(24)13-9-17;1-15-2-4-16(5-3-15)14-22(18-8-6-17(21)7-9-18)19-10-12-20(23)13-11-19;20-17-11-12(1-10-18(17)24)19(25)21(13-2-6-15(22)7-3-13)14-4-8-16(23)9-5-14;/h3-13,23-24H,1-2H3;2-13,23H,14H2,1H3;1-11,22-24H;1H4. The predicted octanol–water partition coefficient (Wildman–Crippen LogP) is 14.4. The van der Waals surface area contributed by atoms with Crippen molar-refractivity contribution in [2.24, 2.45) is 0 Å². The Morgan fingerprint density at radius 3 is 1.22 bits per heavy atom. The third-order valence-electron chi connectivity index (χ3n) is 11.6. The third kappa shape index (κ3) is 13.6. The lowest BCUT2D eigenvalue weighted by Crippen LogP contribution is -2.26. The first-order valence-corrected chi connectivity index (χ1v) is 22.8. The van der Waals surface area contributed by atoms with E-state index < -0.39 is 17.5 Å². The lowest BCUT2D eigenvalue weighted by molar-refractivity contribution is 0.0990. The molecule has 0 aromatic heterocycles. The minimum absolute atomic E-state index is 0. The average Bonchev–Trinajstić information content (AvgIpc) is 3.39. The second kappa shape index (κ2) is 24.5. The number of halogens is 2. The van der Waals surface area contributed by atoms with Crippen LogP contribution in [0.4, 0.5) is 42.9 Å². The molecule has 0 atom stereocenters. The fourth-order valence-electron chi connectivity index (χ4n) is 7.51. The number of anilines is 6. The highest BCUT2D eigenvalue weighted by atomic mass is 19.1. The summed E-state index contributed by atoms with van der Waals surface area (Å²) in [6, 6.07) is 55.5. The molecule has 0 saturated heterocycles. The number of carbonyl (C=O) groups is 2. The molecule has 0 fully saturated rings. The molecule has 0 bridgehead atoms. The van der Waals surface area contributed by atoms with Gasteiger partial charge in [0, 0.05) is 51.8 Å². The van der Waals surface area contributed by atoms with E-state index in [-0.39, 0.29) is 53.5 Å². The minimum atomic E-state index is -0.901. The topological polar surface area (TPSA) is 165 Å². The number of phenolic OH excluding ortho intramolecular Hbond substituents is 6. The molecule has 0 saturated carbocycles. The summed E-state index contributed by atoms with van der Waals surface area (Å²) in [6.45, 7) is 6.62. The van der Waals surface area contributed by atoms with Crippen LogP contribution in [0.1, 0.15) is 50.4 Å². The Morgan fingerprint density at radius 2 is 0.811 bits per heavy atom. The molecule has 2 amide bonds. The van der Waals surface area contributed by atoms with E-state index in [1.165, 1.54) is 77.2 Å². The summed E-state index contributed by atoms with van der Waals surface area (Å²) >= 11 is 0. The number of hydrogen-bond donors (Lipinski definition) is 6. The number of aryl methyl sites for hydroxylation is 2. The van der Waals surface area contributed by atoms with Gasteiger partial charge in [0.2, 0.25) is 0 Å². The zero-order chi connectivity index (χ0) is 52.2. The van der Waals surface area contributed by atoms with E-state index in [9.17, 15) is 49.0 Å². The molecule has 9 rings (SSSR count). The Balaban J connectivity index is 0.000000180. The number of aromatic hydroxyl groups is 6. The van der Waals surface area contributed by atoms with Crippen molar-refractivity contribution in [1.82, 2.24) is 0 Å². The molecule has 0 radical (unpaired) electrons. The van der Waals surface area contributed by atoms with Crippen molar-refractivity contribution < 1.29 is 49.0 Å². The third-order valence-corrected chi connectivity index (χ3v) is 11.6. The number of benzene rings is 9. The quantitative estimate of drug-likeness (QED) is 0.0782. The van der Waals surface area contributed by atoms with Gasteiger partial charge >= 0.3 is 0 Å². The molecule has 0 spiro atoms. The van der Waals surface area contributed by atoms with Crippen LogP contribution in [0.5, 0.6) is 34.5 Å².